The average Bonchev–Trinajstić information content (AvgIpc) is 2.90. The van der Waals surface area contributed by atoms with Gasteiger partial charge in [0.25, 0.3) is 0 Å². The van der Waals surface area contributed by atoms with E-state index in [1.165, 1.54) is 11.1 Å². The first-order chi connectivity index (χ1) is 9.70. The lowest BCUT2D eigenvalue weighted by Crippen LogP contribution is -2.26. The lowest BCUT2D eigenvalue weighted by Gasteiger charge is -2.23. The fraction of sp³-hybridized carbons (Fsp3) is 0.500. The van der Waals surface area contributed by atoms with E-state index in [-0.39, 0.29) is 6.04 Å². The van der Waals surface area contributed by atoms with Crippen LogP contribution in [0.2, 0.25) is 0 Å². The topological polar surface area (TPSA) is 64.9 Å². The van der Waals surface area contributed by atoms with Crippen molar-refractivity contribution >= 4 is 0 Å². The molecule has 2 unspecified atom stereocenters. The van der Waals surface area contributed by atoms with Gasteiger partial charge in [-0.05, 0) is 31.7 Å². The van der Waals surface area contributed by atoms with Crippen LogP contribution in [0.1, 0.15) is 54.4 Å². The van der Waals surface area contributed by atoms with Gasteiger partial charge >= 0.3 is 0 Å². The minimum absolute atomic E-state index is 0.279. The van der Waals surface area contributed by atoms with Crippen LogP contribution in [-0.2, 0) is 6.42 Å². The van der Waals surface area contributed by atoms with Crippen molar-refractivity contribution in [1.29, 1.82) is 0 Å². The third-order valence-corrected chi connectivity index (χ3v) is 4.03. The zero-order chi connectivity index (χ0) is 13.9. The Morgan fingerprint density at radius 1 is 1.25 bits per heavy atom. The van der Waals surface area contributed by atoms with Gasteiger partial charge in [0.15, 0.2) is 5.82 Å². The molecule has 1 aliphatic carbocycles. The maximum Gasteiger partial charge on any atom is 0.229 e. The van der Waals surface area contributed by atoms with E-state index in [0.29, 0.717) is 5.92 Å². The second kappa shape index (κ2) is 5.75. The summed E-state index contributed by atoms with van der Waals surface area (Å²) < 4.78 is 5.43. The van der Waals surface area contributed by atoms with Crippen LogP contribution in [-0.4, -0.2) is 16.2 Å². The van der Waals surface area contributed by atoms with Crippen LogP contribution in [0.15, 0.2) is 28.8 Å². The molecule has 1 aromatic heterocycles. The van der Waals surface area contributed by atoms with E-state index in [2.05, 4.69) is 41.3 Å². The molecule has 3 rings (SSSR count). The third kappa shape index (κ3) is 3.07. The van der Waals surface area contributed by atoms with Crippen molar-refractivity contribution in [2.75, 3.05) is 0 Å². The molecule has 2 aromatic rings. The Balaban J connectivity index is 1.68. The lowest BCUT2D eigenvalue weighted by atomic mass is 9.86. The summed E-state index contributed by atoms with van der Waals surface area (Å²) in [6, 6.07) is 8.72. The first kappa shape index (κ1) is 13.3. The van der Waals surface area contributed by atoms with E-state index in [1.54, 1.807) is 0 Å². The molecule has 1 saturated carbocycles. The van der Waals surface area contributed by atoms with Crippen LogP contribution in [0.4, 0.5) is 0 Å². The van der Waals surface area contributed by atoms with Gasteiger partial charge in [0.1, 0.15) is 0 Å². The summed E-state index contributed by atoms with van der Waals surface area (Å²) >= 11 is 0. The van der Waals surface area contributed by atoms with Gasteiger partial charge < -0.3 is 10.3 Å². The molecule has 1 heterocycles. The van der Waals surface area contributed by atoms with Crippen LogP contribution in [0.3, 0.4) is 0 Å². The molecule has 0 bridgehead atoms. The molecule has 1 aliphatic rings. The molecular formula is C16H21N3O. The first-order valence-corrected chi connectivity index (χ1v) is 7.34. The Hall–Kier alpha value is -1.68. The van der Waals surface area contributed by atoms with E-state index in [0.717, 1.165) is 43.8 Å². The van der Waals surface area contributed by atoms with Crippen molar-refractivity contribution in [2.45, 2.75) is 51.0 Å². The molecule has 0 saturated heterocycles. The van der Waals surface area contributed by atoms with Gasteiger partial charge in [-0.3, -0.25) is 0 Å². The molecular weight excluding hydrogens is 250 g/mol. The predicted octanol–water partition coefficient (Wildman–Crippen LogP) is 2.95. The molecule has 4 nitrogen and oxygen atoms in total. The Labute approximate surface area is 119 Å². The highest BCUT2D eigenvalue weighted by molar-refractivity contribution is 5.23. The van der Waals surface area contributed by atoms with E-state index in [9.17, 15) is 0 Å². The normalized spacial score (nSPS) is 22.9. The molecule has 0 amide bonds. The van der Waals surface area contributed by atoms with Gasteiger partial charge in [0.05, 0.1) is 0 Å². The van der Waals surface area contributed by atoms with Crippen molar-refractivity contribution in [3.05, 3.63) is 47.1 Å². The van der Waals surface area contributed by atoms with Gasteiger partial charge in [-0.2, -0.15) is 4.98 Å². The average molecular weight is 271 g/mol. The lowest BCUT2D eigenvalue weighted by molar-refractivity contribution is 0.297. The number of aryl methyl sites for hydroxylation is 1. The Kier molecular flexibility index (Phi) is 3.83. The van der Waals surface area contributed by atoms with E-state index < -0.39 is 0 Å². The zero-order valence-electron chi connectivity index (χ0n) is 11.9. The summed E-state index contributed by atoms with van der Waals surface area (Å²) in [7, 11) is 0. The van der Waals surface area contributed by atoms with Crippen LogP contribution < -0.4 is 5.73 Å². The highest BCUT2D eigenvalue weighted by atomic mass is 16.5. The van der Waals surface area contributed by atoms with Crippen molar-refractivity contribution in [1.82, 2.24) is 10.1 Å². The SMILES string of the molecule is Cc1ccc(Cc2noc(C3CCCC(N)C3)n2)cc1. The van der Waals surface area contributed by atoms with Crippen molar-refractivity contribution in [3.8, 4) is 0 Å². The largest absolute Gasteiger partial charge is 0.339 e. The number of nitrogens with two attached hydrogens (primary N) is 1. The van der Waals surface area contributed by atoms with Crippen LogP contribution in [0, 0.1) is 6.92 Å². The molecule has 1 fully saturated rings. The number of nitrogens with zero attached hydrogens (tertiary/aromatic N) is 2. The summed E-state index contributed by atoms with van der Waals surface area (Å²) in [6.45, 7) is 2.09. The summed E-state index contributed by atoms with van der Waals surface area (Å²) in [5, 5.41) is 4.11. The molecule has 0 spiro atoms. The zero-order valence-corrected chi connectivity index (χ0v) is 11.9. The standard InChI is InChI=1S/C16H21N3O/c1-11-5-7-12(8-6-11)9-15-18-16(20-19-15)13-3-2-4-14(17)10-13/h5-8,13-14H,2-4,9-10,17H2,1H3. The molecule has 0 aliphatic heterocycles. The van der Waals surface area contributed by atoms with E-state index >= 15 is 0 Å². The Bertz CT molecular complexity index is 561. The highest BCUT2D eigenvalue weighted by Crippen LogP contribution is 2.31. The third-order valence-electron chi connectivity index (χ3n) is 4.03. The number of hydrogen-bond donors (Lipinski definition) is 1. The van der Waals surface area contributed by atoms with Crippen LogP contribution in [0.5, 0.6) is 0 Å². The Morgan fingerprint density at radius 3 is 2.80 bits per heavy atom. The Morgan fingerprint density at radius 2 is 2.05 bits per heavy atom. The van der Waals surface area contributed by atoms with Gasteiger partial charge in [0, 0.05) is 18.4 Å². The van der Waals surface area contributed by atoms with Gasteiger partial charge in [-0.25, -0.2) is 0 Å². The molecule has 20 heavy (non-hydrogen) atoms. The number of hydrogen-bond acceptors (Lipinski definition) is 4. The first-order valence-electron chi connectivity index (χ1n) is 7.34. The van der Waals surface area contributed by atoms with Crippen molar-refractivity contribution < 1.29 is 4.52 Å². The van der Waals surface area contributed by atoms with Gasteiger partial charge in [-0.15, -0.1) is 0 Å². The molecule has 2 atom stereocenters. The summed E-state index contributed by atoms with van der Waals surface area (Å²) in [6.07, 6.45) is 5.07. The summed E-state index contributed by atoms with van der Waals surface area (Å²) in [5.74, 6) is 1.88. The van der Waals surface area contributed by atoms with Gasteiger partial charge in [0.2, 0.25) is 5.89 Å². The fourth-order valence-electron chi connectivity index (χ4n) is 2.85. The summed E-state index contributed by atoms with van der Waals surface area (Å²) in [4.78, 5) is 4.55. The van der Waals surface area contributed by atoms with Crippen LogP contribution >= 0.6 is 0 Å². The van der Waals surface area contributed by atoms with Gasteiger partial charge in [-0.1, -0.05) is 41.4 Å². The monoisotopic (exact) mass is 271 g/mol. The fourth-order valence-corrected chi connectivity index (χ4v) is 2.85. The molecule has 0 radical (unpaired) electrons. The minimum atomic E-state index is 0.279. The molecule has 4 heteroatoms. The second-order valence-electron chi connectivity index (χ2n) is 5.83. The van der Waals surface area contributed by atoms with E-state index in [1.807, 2.05) is 0 Å². The molecule has 2 N–H and O–H groups in total. The van der Waals surface area contributed by atoms with Crippen LogP contribution in [0.25, 0.3) is 0 Å². The quantitative estimate of drug-likeness (QED) is 0.932. The smallest absolute Gasteiger partial charge is 0.229 e. The molecule has 106 valence electrons. The number of benzene rings is 1. The summed E-state index contributed by atoms with van der Waals surface area (Å²) in [5.41, 5.74) is 8.49. The van der Waals surface area contributed by atoms with Crippen molar-refractivity contribution in [2.24, 2.45) is 5.73 Å². The number of rotatable bonds is 3. The minimum Gasteiger partial charge on any atom is -0.339 e. The predicted molar refractivity (Wildman–Crippen MR) is 77.5 cm³/mol. The maximum absolute atomic E-state index is 6.02. The maximum atomic E-state index is 6.02. The van der Waals surface area contributed by atoms with E-state index in [4.69, 9.17) is 10.3 Å². The second-order valence-corrected chi connectivity index (χ2v) is 5.83. The number of aromatic nitrogens is 2. The highest BCUT2D eigenvalue weighted by Gasteiger charge is 2.25. The van der Waals surface area contributed by atoms with Crippen molar-refractivity contribution in [3.63, 3.8) is 0 Å². The molecule has 1 aromatic carbocycles.